The van der Waals surface area contributed by atoms with Gasteiger partial charge in [-0.25, -0.2) is 4.79 Å². The van der Waals surface area contributed by atoms with Crippen LogP contribution in [0, 0.1) is 6.92 Å². The lowest BCUT2D eigenvalue weighted by Gasteiger charge is -2.38. The molecule has 2 heterocycles. The first-order chi connectivity index (χ1) is 14.5. The minimum Gasteiger partial charge on any atom is -0.507 e. The Hall–Kier alpha value is -2.92. The molecule has 3 rings (SSSR count). The van der Waals surface area contributed by atoms with E-state index in [9.17, 15) is 35.1 Å². The number of hydrogen-bond donors (Lipinski definition) is 5. The molecule has 10 nitrogen and oxygen atoms in total. The molecule has 1 aliphatic heterocycles. The van der Waals surface area contributed by atoms with E-state index in [1.54, 1.807) is 13.0 Å². The third-order valence-electron chi connectivity index (χ3n) is 4.95. The monoisotopic (exact) mass is 436 g/mol. The zero-order valence-electron chi connectivity index (χ0n) is 17.1. The lowest BCUT2D eigenvalue weighted by atomic mass is 9.98. The van der Waals surface area contributed by atoms with Crippen LogP contribution in [0.4, 0.5) is 0 Å². The molecule has 0 aliphatic carbocycles. The van der Waals surface area contributed by atoms with Crippen molar-refractivity contribution in [2.75, 3.05) is 0 Å². The van der Waals surface area contributed by atoms with Gasteiger partial charge in [0, 0.05) is 17.7 Å². The second kappa shape index (κ2) is 8.67. The number of aliphatic hydroxyl groups excluding tert-OH is 3. The molecule has 10 heteroatoms. The maximum atomic E-state index is 12.4. The van der Waals surface area contributed by atoms with Crippen molar-refractivity contribution < 1.29 is 44.2 Å². The summed E-state index contributed by atoms with van der Waals surface area (Å²) in [6.07, 6.45) is -7.14. The number of phenols is 1. The molecular weight excluding hydrogens is 412 g/mol. The average molecular weight is 436 g/mol. The van der Waals surface area contributed by atoms with Crippen LogP contribution in [0.3, 0.4) is 0 Å². The number of hydrogen-bond acceptors (Lipinski definition) is 9. The van der Waals surface area contributed by atoms with Crippen LogP contribution in [0.25, 0.3) is 11.0 Å². The molecule has 168 valence electrons. The van der Waals surface area contributed by atoms with Crippen molar-refractivity contribution in [3.63, 3.8) is 0 Å². The zero-order chi connectivity index (χ0) is 23.0. The quantitative estimate of drug-likeness (QED) is 0.418. The number of rotatable bonds is 5. The van der Waals surface area contributed by atoms with Crippen LogP contribution < -0.4 is 10.2 Å². The van der Waals surface area contributed by atoms with Gasteiger partial charge in [-0.2, -0.15) is 0 Å². The van der Waals surface area contributed by atoms with Crippen molar-refractivity contribution in [2.45, 2.75) is 57.9 Å². The van der Waals surface area contributed by atoms with Crippen LogP contribution >= 0.6 is 0 Å². The van der Waals surface area contributed by atoms with E-state index in [1.807, 2.05) is 13.8 Å². The number of aryl methyl sites for hydroxylation is 1. The lowest BCUT2D eigenvalue weighted by Crippen LogP contribution is -2.61. The van der Waals surface area contributed by atoms with Crippen molar-refractivity contribution in [2.24, 2.45) is 0 Å². The summed E-state index contributed by atoms with van der Waals surface area (Å²) in [6, 6.07) is 2.55. The van der Waals surface area contributed by atoms with Gasteiger partial charge in [0.2, 0.25) is 6.29 Å². The van der Waals surface area contributed by atoms with Crippen LogP contribution in [0.15, 0.2) is 33.0 Å². The highest BCUT2D eigenvalue weighted by atomic mass is 16.7. The number of carboxylic acid groups (broad SMARTS) is 1. The maximum Gasteiger partial charge on any atom is 0.335 e. The first-order valence-corrected chi connectivity index (χ1v) is 9.53. The molecule has 0 amide bonds. The van der Waals surface area contributed by atoms with E-state index in [-0.39, 0.29) is 34.5 Å². The summed E-state index contributed by atoms with van der Waals surface area (Å²) < 4.78 is 16.3. The molecule has 31 heavy (non-hydrogen) atoms. The van der Waals surface area contributed by atoms with E-state index in [1.165, 1.54) is 12.1 Å². The fourth-order valence-electron chi connectivity index (χ4n) is 3.32. The minimum atomic E-state index is -1.87. The molecule has 0 radical (unpaired) electrons. The number of aromatic hydroxyl groups is 1. The number of ether oxygens (including phenoxy) is 2. The van der Waals surface area contributed by atoms with Gasteiger partial charge in [0.15, 0.2) is 11.5 Å². The molecule has 5 N–H and O–H groups in total. The smallest absolute Gasteiger partial charge is 0.335 e. The fraction of sp³-hybridized carbons (Fsp3) is 0.429. The van der Waals surface area contributed by atoms with Gasteiger partial charge in [0.1, 0.15) is 46.5 Å². The number of aliphatic hydroxyl groups is 3. The molecule has 5 atom stereocenters. The Morgan fingerprint density at radius 3 is 2.45 bits per heavy atom. The summed E-state index contributed by atoms with van der Waals surface area (Å²) in [4.78, 5) is 23.7. The molecule has 1 fully saturated rings. The molecule has 1 aliphatic rings. The van der Waals surface area contributed by atoms with E-state index in [0.717, 1.165) is 5.57 Å². The largest absolute Gasteiger partial charge is 0.507 e. The SMILES string of the molecule is CC(C)=CCc1c(OC2OC(C(=O)O)C(O)C(O)C2O)cc2oc(C)cc(=O)c2c1O. The molecule has 1 saturated heterocycles. The maximum absolute atomic E-state index is 12.4. The third kappa shape index (κ3) is 4.42. The summed E-state index contributed by atoms with van der Waals surface area (Å²) >= 11 is 0. The summed E-state index contributed by atoms with van der Waals surface area (Å²) in [7, 11) is 0. The van der Waals surface area contributed by atoms with Gasteiger partial charge in [0.05, 0.1) is 0 Å². The first kappa shape index (κ1) is 22.8. The Kier molecular flexibility index (Phi) is 6.37. The Morgan fingerprint density at radius 2 is 1.84 bits per heavy atom. The van der Waals surface area contributed by atoms with Gasteiger partial charge in [-0.15, -0.1) is 0 Å². The van der Waals surface area contributed by atoms with Gasteiger partial charge in [0.25, 0.3) is 0 Å². The number of allylic oxidation sites excluding steroid dienone is 2. The van der Waals surface area contributed by atoms with Crippen molar-refractivity contribution in [3.05, 3.63) is 45.3 Å². The number of carboxylic acids is 1. The predicted octanol–water partition coefficient (Wildman–Crippen LogP) is 0.587. The Labute approximate surface area is 176 Å². The van der Waals surface area contributed by atoms with Gasteiger partial charge >= 0.3 is 5.97 Å². The number of carbonyl (C=O) groups is 1. The van der Waals surface area contributed by atoms with Crippen LogP contribution in [0.5, 0.6) is 11.5 Å². The predicted molar refractivity (Wildman–Crippen MR) is 107 cm³/mol. The molecule has 0 spiro atoms. The van der Waals surface area contributed by atoms with Crippen molar-refractivity contribution in [3.8, 4) is 11.5 Å². The molecule has 2 aromatic rings. The number of phenolic OH excluding ortho intramolecular Hbond substituents is 1. The number of benzene rings is 1. The molecule has 5 unspecified atom stereocenters. The highest BCUT2D eigenvalue weighted by molar-refractivity contribution is 5.87. The highest BCUT2D eigenvalue weighted by Crippen LogP contribution is 2.37. The third-order valence-corrected chi connectivity index (χ3v) is 4.95. The average Bonchev–Trinajstić information content (AvgIpc) is 2.66. The van der Waals surface area contributed by atoms with Crippen molar-refractivity contribution in [1.82, 2.24) is 0 Å². The fourth-order valence-corrected chi connectivity index (χ4v) is 3.32. The Balaban J connectivity index is 2.11. The molecule has 1 aromatic heterocycles. The van der Waals surface area contributed by atoms with Gasteiger partial charge in [-0.3, -0.25) is 4.79 Å². The molecular formula is C21H24O10. The Morgan fingerprint density at radius 1 is 1.16 bits per heavy atom. The second-order valence-corrected chi connectivity index (χ2v) is 7.63. The number of aliphatic carboxylic acids is 1. The summed E-state index contributed by atoms with van der Waals surface area (Å²) in [5.74, 6) is -1.70. The summed E-state index contributed by atoms with van der Waals surface area (Å²) in [5, 5.41) is 50.0. The minimum absolute atomic E-state index is 0.0131. The van der Waals surface area contributed by atoms with E-state index >= 15 is 0 Å². The van der Waals surface area contributed by atoms with Gasteiger partial charge in [-0.05, 0) is 27.2 Å². The first-order valence-electron chi connectivity index (χ1n) is 9.53. The van der Waals surface area contributed by atoms with Crippen LogP contribution in [0.1, 0.15) is 25.2 Å². The van der Waals surface area contributed by atoms with E-state index in [2.05, 4.69) is 0 Å². The Bertz CT molecular complexity index is 1080. The van der Waals surface area contributed by atoms with Gasteiger partial charge in [-0.1, -0.05) is 11.6 Å². The van der Waals surface area contributed by atoms with Crippen LogP contribution in [0.2, 0.25) is 0 Å². The van der Waals surface area contributed by atoms with Crippen molar-refractivity contribution >= 4 is 16.9 Å². The molecule has 1 aromatic carbocycles. The van der Waals surface area contributed by atoms with Crippen molar-refractivity contribution in [1.29, 1.82) is 0 Å². The van der Waals surface area contributed by atoms with E-state index in [0.29, 0.717) is 5.76 Å². The summed E-state index contributed by atoms with van der Waals surface area (Å²) in [6.45, 7) is 5.22. The highest BCUT2D eigenvalue weighted by Gasteiger charge is 2.48. The number of fused-ring (bicyclic) bond motifs is 1. The van der Waals surface area contributed by atoms with E-state index < -0.39 is 42.1 Å². The standard InChI is InChI=1S/C21H24O10/c1-8(2)4-5-10-12(7-13-14(15(10)23)11(22)6-9(3)29-13)30-21-18(26)16(24)17(25)19(31-21)20(27)28/h4,6-7,16-19,21,23-26H,5H2,1-3H3,(H,27,28). The van der Waals surface area contributed by atoms with Crippen LogP contribution in [-0.2, 0) is 16.0 Å². The molecule has 0 bridgehead atoms. The van der Waals surface area contributed by atoms with Crippen LogP contribution in [-0.4, -0.2) is 62.2 Å². The zero-order valence-corrected chi connectivity index (χ0v) is 17.1. The summed E-state index contributed by atoms with van der Waals surface area (Å²) in [5.41, 5.74) is 0.645. The molecule has 0 saturated carbocycles. The topological polar surface area (TPSA) is 167 Å². The lowest BCUT2D eigenvalue weighted by molar-refractivity contribution is -0.271. The normalized spacial score (nSPS) is 25.9. The second-order valence-electron chi connectivity index (χ2n) is 7.63. The van der Waals surface area contributed by atoms with Gasteiger partial charge < -0.3 is 39.4 Å². The van der Waals surface area contributed by atoms with E-state index in [4.69, 9.17) is 13.9 Å².